The molecular formula is C18H12BrClN2O3S. The number of ether oxygens (including phenoxy) is 1. The number of benzene rings is 2. The number of carbonyl (C=O) groups excluding carboxylic acids is 2. The third-order valence-corrected chi connectivity index (χ3v) is 4.55. The maximum absolute atomic E-state index is 11.9. The highest BCUT2D eigenvalue weighted by molar-refractivity contribution is 9.10. The Morgan fingerprint density at radius 3 is 2.35 bits per heavy atom. The van der Waals surface area contributed by atoms with Gasteiger partial charge < -0.3 is 4.74 Å². The van der Waals surface area contributed by atoms with E-state index in [1.807, 2.05) is 24.3 Å². The van der Waals surface area contributed by atoms with Gasteiger partial charge in [-0.3, -0.25) is 20.2 Å². The lowest BCUT2D eigenvalue weighted by atomic mass is 10.1. The molecule has 1 fully saturated rings. The SMILES string of the molecule is O=C1NC(=S)NC(=O)C1=Cc1ccc(OCc2ccc(Br)cc2)c(Cl)c1. The highest BCUT2D eigenvalue weighted by Gasteiger charge is 2.25. The zero-order valence-corrected chi connectivity index (χ0v) is 16.4. The van der Waals surface area contributed by atoms with Crippen LogP contribution in [0.25, 0.3) is 6.08 Å². The second-order valence-electron chi connectivity index (χ2n) is 5.40. The van der Waals surface area contributed by atoms with E-state index in [9.17, 15) is 9.59 Å². The smallest absolute Gasteiger partial charge is 0.263 e. The Balaban J connectivity index is 1.74. The quantitative estimate of drug-likeness (QED) is 0.423. The second-order valence-corrected chi connectivity index (χ2v) is 7.13. The lowest BCUT2D eigenvalue weighted by molar-refractivity contribution is -0.123. The highest BCUT2D eigenvalue weighted by Crippen LogP contribution is 2.27. The molecule has 0 bridgehead atoms. The van der Waals surface area contributed by atoms with Gasteiger partial charge in [-0.2, -0.15) is 0 Å². The van der Waals surface area contributed by atoms with Gasteiger partial charge in [-0.15, -0.1) is 0 Å². The molecule has 2 amide bonds. The Bertz CT molecular complexity index is 907. The van der Waals surface area contributed by atoms with Crippen LogP contribution >= 0.6 is 39.7 Å². The normalized spacial score (nSPS) is 13.9. The Labute approximate surface area is 168 Å². The van der Waals surface area contributed by atoms with Crippen molar-refractivity contribution < 1.29 is 14.3 Å². The van der Waals surface area contributed by atoms with Gasteiger partial charge in [0.2, 0.25) is 0 Å². The molecule has 1 aliphatic heterocycles. The van der Waals surface area contributed by atoms with E-state index >= 15 is 0 Å². The van der Waals surface area contributed by atoms with Crippen molar-refractivity contribution in [3.63, 3.8) is 0 Å². The Kier molecular flexibility index (Phi) is 5.70. The van der Waals surface area contributed by atoms with Crippen LogP contribution in [0.2, 0.25) is 5.02 Å². The van der Waals surface area contributed by atoms with Gasteiger partial charge in [0.1, 0.15) is 17.9 Å². The van der Waals surface area contributed by atoms with Crippen LogP contribution in [0.1, 0.15) is 11.1 Å². The van der Waals surface area contributed by atoms with E-state index in [1.54, 1.807) is 18.2 Å². The van der Waals surface area contributed by atoms with Gasteiger partial charge in [-0.05, 0) is 53.7 Å². The summed E-state index contributed by atoms with van der Waals surface area (Å²) in [6.07, 6.45) is 1.44. The number of rotatable bonds is 4. The first-order valence-electron chi connectivity index (χ1n) is 7.47. The molecule has 5 nitrogen and oxygen atoms in total. The molecule has 1 saturated heterocycles. The average Bonchev–Trinajstić information content (AvgIpc) is 2.59. The molecule has 1 heterocycles. The van der Waals surface area contributed by atoms with E-state index in [4.69, 9.17) is 28.6 Å². The van der Waals surface area contributed by atoms with Crippen molar-refractivity contribution in [1.29, 1.82) is 0 Å². The van der Waals surface area contributed by atoms with Crippen LogP contribution in [0.5, 0.6) is 5.75 Å². The lowest BCUT2D eigenvalue weighted by Crippen LogP contribution is -2.51. The van der Waals surface area contributed by atoms with Crippen molar-refractivity contribution in [2.45, 2.75) is 6.61 Å². The number of thiocarbonyl (C=S) groups is 1. The van der Waals surface area contributed by atoms with E-state index in [0.717, 1.165) is 10.0 Å². The standard InChI is InChI=1S/C18H12BrClN2O3S/c19-12-4-1-10(2-5-12)9-25-15-6-3-11(8-14(15)20)7-13-16(23)21-18(26)22-17(13)24/h1-8H,9H2,(H2,21,22,23,24,26). The Morgan fingerprint density at radius 1 is 1.08 bits per heavy atom. The molecule has 0 radical (unpaired) electrons. The average molecular weight is 452 g/mol. The maximum atomic E-state index is 11.9. The molecule has 2 N–H and O–H groups in total. The molecule has 2 aromatic rings. The summed E-state index contributed by atoms with van der Waals surface area (Å²) in [4.78, 5) is 23.7. The summed E-state index contributed by atoms with van der Waals surface area (Å²) in [6, 6.07) is 12.8. The summed E-state index contributed by atoms with van der Waals surface area (Å²) < 4.78 is 6.71. The monoisotopic (exact) mass is 450 g/mol. The largest absolute Gasteiger partial charge is 0.487 e. The second kappa shape index (κ2) is 7.99. The third kappa shape index (κ3) is 4.49. The first-order valence-corrected chi connectivity index (χ1v) is 9.05. The van der Waals surface area contributed by atoms with Crippen molar-refractivity contribution in [3.05, 3.63) is 68.7 Å². The summed E-state index contributed by atoms with van der Waals surface area (Å²) in [5.41, 5.74) is 1.55. The van der Waals surface area contributed by atoms with Gasteiger partial charge in [0, 0.05) is 4.47 Å². The number of carbonyl (C=O) groups is 2. The Morgan fingerprint density at radius 2 is 1.73 bits per heavy atom. The number of halogens is 2. The molecule has 0 aliphatic carbocycles. The summed E-state index contributed by atoms with van der Waals surface area (Å²) in [5.74, 6) is -0.591. The molecule has 8 heteroatoms. The van der Waals surface area contributed by atoms with Gasteiger partial charge in [-0.1, -0.05) is 45.7 Å². The summed E-state index contributed by atoms with van der Waals surface area (Å²) >= 11 is 14.4. The van der Waals surface area contributed by atoms with Gasteiger partial charge in [0.05, 0.1) is 5.02 Å². The van der Waals surface area contributed by atoms with Crippen LogP contribution in [0.4, 0.5) is 0 Å². The summed E-state index contributed by atoms with van der Waals surface area (Å²) in [7, 11) is 0. The predicted octanol–water partition coefficient (Wildman–Crippen LogP) is 3.60. The fourth-order valence-corrected chi connectivity index (χ4v) is 2.93. The lowest BCUT2D eigenvalue weighted by Gasteiger charge is -2.16. The molecule has 0 spiro atoms. The fourth-order valence-electron chi connectivity index (χ4n) is 2.24. The van der Waals surface area contributed by atoms with E-state index in [1.165, 1.54) is 6.08 Å². The molecule has 0 unspecified atom stereocenters. The maximum Gasteiger partial charge on any atom is 0.263 e. The molecule has 0 aromatic heterocycles. The molecule has 0 saturated carbocycles. The number of hydrogen-bond donors (Lipinski definition) is 2. The predicted molar refractivity (Wildman–Crippen MR) is 107 cm³/mol. The molecule has 2 aromatic carbocycles. The third-order valence-electron chi connectivity index (χ3n) is 3.52. The van der Waals surface area contributed by atoms with Crippen LogP contribution in [-0.4, -0.2) is 16.9 Å². The zero-order valence-electron chi connectivity index (χ0n) is 13.2. The van der Waals surface area contributed by atoms with Crippen LogP contribution in [0.15, 0.2) is 52.5 Å². The van der Waals surface area contributed by atoms with Crippen LogP contribution in [0.3, 0.4) is 0 Å². The number of hydrogen-bond acceptors (Lipinski definition) is 4. The van der Waals surface area contributed by atoms with E-state index in [-0.39, 0.29) is 10.7 Å². The first-order chi connectivity index (χ1) is 12.4. The van der Waals surface area contributed by atoms with Crippen LogP contribution < -0.4 is 15.4 Å². The number of nitrogens with one attached hydrogen (secondary N) is 2. The van der Waals surface area contributed by atoms with E-state index in [0.29, 0.717) is 22.9 Å². The van der Waals surface area contributed by atoms with Crippen LogP contribution in [0, 0.1) is 0 Å². The highest BCUT2D eigenvalue weighted by atomic mass is 79.9. The van der Waals surface area contributed by atoms with Crippen molar-refractivity contribution in [2.24, 2.45) is 0 Å². The van der Waals surface area contributed by atoms with Crippen molar-refractivity contribution in [3.8, 4) is 5.75 Å². The van der Waals surface area contributed by atoms with E-state index in [2.05, 4.69) is 26.6 Å². The van der Waals surface area contributed by atoms with E-state index < -0.39 is 11.8 Å². The molecule has 1 aliphatic rings. The van der Waals surface area contributed by atoms with Gasteiger partial charge >= 0.3 is 0 Å². The minimum absolute atomic E-state index is 0.00753. The minimum Gasteiger partial charge on any atom is -0.487 e. The fraction of sp³-hybridized carbons (Fsp3) is 0.0556. The zero-order chi connectivity index (χ0) is 18.7. The van der Waals surface area contributed by atoms with Gasteiger partial charge in [-0.25, -0.2) is 0 Å². The summed E-state index contributed by atoms with van der Waals surface area (Å²) in [5, 5.41) is 5.13. The molecule has 0 atom stereocenters. The first kappa shape index (κ1) is 18.6. The topological polar surface area (TPSA) is 67.4 Å². The van der Waals surface area contributed by atoms with Crippen molar-refractivity contribution >= 4 is 62.8 Å². The number of amides is 2. The molecule has 3 rings (SSSR count). The Hall–Kier alpha value is -2.22. The van der Waals surface area contributed by atoms with Crippen molar-refractivity contribution in [2.75, 3.05) is 0 Å². The van der Waals surface area contributed by atoms with Gasteiger partial charge in [0.15, 0.2) is 5.11 Å². The molecular weight excluding hydrogens is 440 g/mol. The van der Waals surface area contributed by atoms with Crippen molar-refractivity contribution in [1.82, 2.24) is 10.6 Å². The summed E-state index contributed by atoms with van der Waals surface area (Å²) in [6.45, 7) is 0.371. The minimum atomic E-state index is -0.551. The van der Waals surface area contributed by atoms with Crippen LogP contribution in [-0.2, 0) is 16.2 Å². The molecule has 26 heavy (non-hydrogen) atoms. The van der Waals surface area contributed by atoms with Gasteiger partial charge in [0.25, 0.3) is 11.8 Å². The molecule has 132 valence electrons.